The fraction of sp³-hybridized carbons (Fsp3) is 0.545. The SMILES string of the molecule is CC(=O)c1ccc(Nc2nc3ccc(C(=O)N(CCC(C)C)CCC(C)C)cc3n2CCC2CCCN2C)cc1. The van der Waals surface area contributed by atoms with Crippen molar-refractivity contribution in [2.24, 2.45) is 11.8 Å². The van der Waals surface area contributed by atoms with Crippen molar-refractivity contribution < 1.29 is 9.59 Å². The minimum Gasteiger partial charge on any atom is -0.339 e. The molecular weight excluding hydrogens is 498 g/mol. The van der Waals surface area contributed by atoms with Gasteiger partial charge in [0.1, 0.15) is 0 Å². The van der Waals surface area contributed by atoms with Crippen LogP contribution in [-0.4, -0.2) is 63.8 Å². The van der Waals surface area contributed by atoms with E-state index >= 15 is 0 Å². The highest BCUT2D eigenvalue weighted by molar-refractivity contribution is 5.98. The number of benzene rings is 2. The van der Waals surface area contributed by atoms with Gasteiger partial charge in [-0.1, -0.05) is 27.7 Å². The van der Waals surface area contributed by atoms with Crippen molar-refractivity contribution in [1.82, 2.24) is 19.4 Å². The molecule has 1 fully saturated rings. The Balaban J connectivity index is 1.65. The first-order valence-electron chi connectivity index (χ1n) is 15.0. The number of carbonyl (C=O) groups is 2. The highest BCUT2D eigenvalue weighted by Crippen LogP contribution is 2.27. The zero-order chi connectivity index (χ0) is 28.8. The van der Waals surface area contributed by atoms with Gasteiger partial charge in [0.05, 0.1) is 11.0 Å². The van der Waals surface area contributed by atoms with Gasteiger partial charge in [-0.2, -0.15) is 0 Å². The monoisotopic (exact) mass is 545 g/mol. The highest BCUT2D eigenvalue weighted by atomic mass is 16.2. The number of imidazole rings is 1. The van der Waals surface area contributed by atoms with Crippen molar-refractivity contribution in [3.8, 4) is 0 Å². The topological polar surface area (TPSA) is 70.5 Å². The number of aromatic nitrogens is 2. The molecule has 7 heteroatoms. The van der Waals surface area contributed by atoms with Crippen molar-refractivity contribution in [1.29, 1.82) is 0 Å². The Hall–Kier alpha value is -3.19. The quantitative estimate of drug-likeness (QED) is 0.234. The van der Waals surface area contributed by atoms with Crippen LogP contribution in [0, 0.1) is 11.8 Å². The van der Waals surface area contributed by atoms with Gasteiger partial charge >= 0.3 is 0 Å². The van der Waals surface area contributed by atoms with E-state index in [-0.39, 0.29) is 11.7 Å². The molecule has 0 saturated carbocycles. The average molecular weight is 546 g/mol. The first kappa shape index (κ1) is 29.8. The van der Waals surface area contributed by atoms with E-state index in [1.54, 1.807) is 6.92 Å². The molecule has 7 nitrogen and oxygen atoms in total. The lowest BCUT2D eigenvalue weighted by atomic mass is 10.1. The summed E-state index contributed by atoms with van der Waals surface area (Å²) in [6.45, 7) is 13.9. The normalized spacial score (nSPS) is 15.8. The summed E-state index contributed by atoms with van der Waals surface area (Å²) in [6, 6.07) is 14.0. The maximum absolute atomic E-state index is 13.8. The summed E-state index contributed by atoms with van der Waals surface area (Å²) in [6.07, 6.45) is 5.46. The smallest absolute Gasteiger partial charge is 0.253 e. The van der Waals surface area contributed by atoms with Crippen LogP contribution in [-0.2, 0) is 6.54 Å². The zero-order valence-electron chi connectivity index (χ0n) is 25.2. The third-order valence-electron chi connectivity index (χ3n) is 8.14. The predicted octanol–water partition coefficient (Wildman–Crippen LogP) is 7.00. The van der Waals surface area contributed by atoms with E-state index in [1.807, 2.05) is 47.4 Å². The predicted molar refractivity (Wildman–Crippen MR) is 165 cm³/mol. The van der Waals surface area contributed by atoms with Crippen LogP contribution in [0.5, 0.6) is 0 Å². The van der Waals surface area contributed by atoms with Gasteiger partial charge in [0.25, 0.3) is 5.91 Å². The molecule has 1 aliphatic rings. The number of likely N-dealkylation sites (tertiary alicyclic amines) is 1. The highest BCUT2D eigenvalue weighted by Gasteiger charge is 2.23. The molecule has 1 aliphatic heterocycles. The number of hydrogen-bond acceptors (Lipinski definition) is 5. The largest absolute Gasteiger partial charge is 0.339 e. The van der Waals surface area contributed by atoms with E-state index < -0.39 is 0 Å². The van der Waals surface area contributed by atoms with E-state index in [0.717, 1.165) is 73.7 Å². The van der Waals surface area contributed by atoms with E-state index in [9.17, 15) is 9.59 Å². The van der Waals surface area contributed by atoms with Crippen LogP contribution in [0.4, 0.5) is 11.6 Å². The molecule has 3 aromatic rings. The second kappa shape index (κ2) is 13.4. The first-order chi connectivity index (χ1) is 19.1. The Kier molecular flexibility index (Phi) is 10.0. The summed E-state index contributed by atoms with van der Waals surface area (Å²) in [5.41, 5.74) is 4.13. The van der Waals surface area contributed by atoms with Gasteiger partial charge in [-0.15, -0.1) is 0 Å². The average Bonchev–Trinajstić information content (AvgIpc) is 3.48. The molecule has 40 heavy (non-hydrogen) atoms. The molecule has 0 spiro atoms. The third-order valence-corrected chi connectivity index (χ3v) is 8.14. The summed E-state index contributed by atoms with van der Waals surface area (Å²) < 4.78 is 2.23. The minimum absolute atomic E-state index is 0.0486. The molecule has 0 bridgehead atoms. The van der Waals surface area contributed by atoms with Crippen molar-refractivity contribution in [3.05, 3.63) is 53.6 Å². The Morgan fingerprint density at radius 1 is 1.00 bits per heavy atom. The van der Waals surface area contributed by atoms with E-state index in [0.29, 0.717) is 23.4 Å². The molecule has 0 aliphatic carbocycles. The van der Waals surface area contributed by atoms with Crippen molar-refractivity contribution in [2.75, 3.05) is 32.0 Å². The number of aryl methyl sites for hydroxylation is 1. The Morgan fingerprint density at radius 2 is 1.65 bits per heavy atom. The van der Waals surface area contributed by atoms with Crippen LogP contribution in [0.3, 0.4) is 0 Å². The van der Waals surface area contributed by atoms with Gasteiger partial charge in [-0.3, -0.25) is 9.59 Å². The van der Waals surface area contributed by atoms with Crippen LogP contribution in [0.15, 0.2) is 42.5 Å². The number of carbonyl (C=O) groups excluding carboxylic acids is 2. The number of fused-ring (bicyclic) bond motifs is 1. The molecule has 1 unspecified atom stereocenters. The Labute approximate surface area is 239 Å². The number of ketones is 1. The summed E-state index contributed by atoms with van der Waals surface area (Å²) >= 11 is 0. The Morgan fingerprint density at radius 3 is 2.23 bits per heavy atom. The van der Waals surface area contributed by atoms with E-state index in [2.05, 4.69) is 49.5 Å². The molecule has 2 aromatic carbocycles. The van der Waals surface area contributed by atoms with Crippen LogP contribution in [0.25, 0.3) is 11.0 Å². The molecule has 216 valence electrons. The molecule has 1 aromatic heterocycles. The number of nitrogens with one attached hydrogen (secondary N) is 1. The number of nitrogens with zero attached hydrogens (tertiary/aromatic N) is 4. The van der Waals surface area contributed by atoms with Gasteiger partial charge in [-0.25, -0.2) is 4.98 Å². The standard InChI is InChI=1S/C33H47N5O2/c1-23(2)15-19-37(20-16-24(3)4)32(40)27-11-14-30-31(22-27)38(21-17-29-8-7-18-36(29)6)33(35-30)34-28-12-9-26(10-13-28)25(5)39/h9-14,22-24,29H,7-8,15-21H2,1-6H3,(H,34,35). The van der Waals surface area contributed by atoms with E-state index in [4.69, 9.17) is 4.98 Å². The second-order valence-electron chi connectivity index (χ2n) is 12.3. The van der Waals surface area contributed by atoms with Gasteiger partial charge in [0, 0.05) is 42.5 Å². The molecule has 0 radical (unpaired) electrons. The summed E-state index contributed by atoms with van der Waals surface area (Å²) in [7, 11) is 2.21. The van der Waals surface area contributed by atoms with Crippen LogP contribution in [0.1, 0.15) is 87.4 Å². The molecule has 1 amide bonds. The van der Waals surface area contributed by atoms with Crippen molar-refractivity contribution >= 4 is 34.4 Å². The van der Waals surface area contributed by atoms with Gasteiger partial charge < -0.3 is 19.7 Å². The van der Waals surface area contributed by atoms with Crippen LogP contribution in [0.2, 0.25) is 0 Å². The molecule has 1 saturated heterocycles. The number of anilines is 2. The maximum Gasteiger partial charge on any atom is 0.253 e. The molecular formula is C33H47N5O2. The van der Waals surface area contributed by atoms with Crippen molar-refractivity contribution in [3.63, 3.8) is 0 Å². The van der Waals surface area contributed by atoms with Crippen LogP contribution >= 0.6 is 0 Å². The van der Waals surface area contributed by atoms with Gasteiger partial charge in [0.15, 0.2) is 5.78 Å². The van der Waals surface area contributed by atoms with Gasteiger partial charge in [-0.05, 0) is 107 Å². The number of hydrogen-bond donors (Lipinski definition) is 1. The third kappa shape index (κ3) is 7.51. The van der Waals surface area contributed by atoms with Gasteiger partial charge in [0.2, 0.25) is 5.95 Å². The Bertz CT molecular complexity index is 1280. The molecule has 2 heterocycles. The summed E-state index contributed by atoms with van der Waals surface area (Å²) in [4.78, 5) is 34.9. The molecule has 1 N–H and O–H groups in total. The summed E-state index contributed by atoms with van der Waals surface area (Å²) in [5, 5.41) is 3.48. The lowest BCUT2D eigenvalue weighted by molar-refractivity contribution is 0.0740. The van der Waals surface area contributed by atoms with Crippen molar-refractivity contribution in [2.45, 2.75) is 79.3 Å². The first-order valence-corrected chi connectivity index (χ1v) is 15.0. The number of rotatable bonds is 13. The van der Waals surface area contributed by atoms with Crippen LogP contribution < -0.4 is 5.32 Å². The molecule has 1 atom stereocenters. The lowest BCUT2D eigenvalue weighted by Crippen LogP contribution is -2.34. The minimum atomic E-state index is 0.0486. The summed E-state index contributed by atoms with van der Waals surface area (Å²) in [5.74, 6) is 2.00. The molecule has 4 rings (SSSR count). The fourth-order valence-electron chi connectivity index (χ4n) is 5.44. The second-order valence-corrected chi connectivity index (χ2v) is 12.3. The number of amides is 1. The zero-order valence-corrected chi connectivity index (χ0v) is 25.2. The lowest BCUT2D eigenvalue weighted by Gasteiger charge is -2.25. The fourth-order valence-corrected chi connectivity index (χ4v) is 5.44. The maximum atomic E-state index is 13.8. The van der Waals surface area contributed by atoms with E-state index in [1.165, 1.54) is 12.8 Å². The number of Topliss-reactive ketones (excluding diaryl/α,β-unsaturated/α-hetero) is 1.